The maximum Gasteiger partial charge on any atom is 0.260 e. The highest BCUT2D eigenvalue weighted by molar-refractivity contribution is 7.99. The van der Waals surface area contributed by atoms with Gasteiger partial charge in [0.2, 0.25) is 0 Å². The van der Waals surface area contributed by atoms with Crippen LogP contribution in [0.4, 0.5) is 0 Å². The van der Waals surface area contributed by atoms with Crippen molar-refractivity contribution in [3.8, 4) is 0 Å². The average Bonchev–Trinajstić information content (AvgIpc) is 2.88. The molecule has 0 bridgehead atoms. The number of thioether (sulfide) groups is 1. The van der Waals surface area contributed by atoms with Gasteiger partial charge in [0.15, 0.2) is 5.03 Å². The summed E-state index contributed by atoms with van der Waals surface area (Å²) in [6, 6.07) is 0.0264. The van der Waals surface area contributed by atoms with Crippen LogP contribution in [0.5, 0.6) is 0 Å². The van der Waals surface area contributed by atoms with Crippen LogP contribution < -0.4 is 5.32 Å². The fraction of sp³-hybridized carbons (Fsp3) is 0.750. The summed E-state index contributed by atoms with van der Waals surface area (Å²) in [5, 5.41) is 10.0. The van der Waals surface area contributed by atoms with Crippen molar-refractivity contribution in [2.24, 2.45) is 0 Å². The zero-order valence-electron chi connectivity index (χ0n) is 11.9. The second-order valence-electron chi connectivity index (χ2n) is 4.94. The average molecular weight is 318 g/mol. The Labute approximate surface area is 124 Å². The second kappa shape index (κ2) is 6.93. The molecule has 1 fully saturated rings. The number of H-pyrrole nitrogens is 1. The molecule has 1 aromatic heterocycles. The Bertz CT molecular complexity index is 529. The van der Waals surface area contributed by atoms with E-state index in [1.807, 2.05) is 6.92 Å². The van der Waals surface area contributed by atoms with Gasteiger partial charge < -0.3 is 5.32 Å². The SMILES string of the molecule is CCCNCc1cn[nH]c1S(=O)(=O)N1CCSCC1C. The Balaban J connectivity index is 2.19. The molecule has 1 aromatic rings. The van der Waals surface area contributed by atoms with E-state index in [4.69, 9.17) is 0 Å². The van der Waals surface area contributed by atoms with E-state index in [1.54, 1.807) is 22.3 Å². The van der Waals surface area contributed by atoms with Crippen molar-refractivity contribution in [3.63, 3.8) is 0 Å². The molecule has 114 valence electrons. The molecule has 8 heteroatoms. The van der Waals surface area contributed by atoms with Gasteiger partial charge in [-0.05, 0) is 19.9 Å². The lowest BCUT2D eigenvalue weighted by Crippen LogP contribution is -2.44. The lowest BCUT2D eigenvalue weighted by Gasteiger charge is -2.31. The normalized spacial score (nSPS) is 21.2. The van der Waals surface area contributed by atoms with Crippen molar-refractivity contribution in [3.05, 3.63) is 11.8 Å². The predicted octanol–water partition coefficient (Wildman–Crippen LogP) is 1.04. The van der Waals surface area contributed by atoms with Crippen LogP contribution in [0.25, 0.3) is 0 Å². The maximum absolute atomic E-state index is 12.7. The highest BCUT2D eigenvalue weighted by Gasteiger charge is 2.33. The maximum atomic E-state index is 12.7. The molecule has 1 atom stereocenters. The van der Waals surface area contributed by atoms with Crippen LogP contribution in [-0.4, -0.2) is 53.6 Å². The molecule has 0 saturated carbocycles. The molecule has 6 nitrogen and oxygen atoms in total. The van der Waals surface area contributed by atoms with Gasteiger partial charge in [-0.3, -0.25) is 5.10 Å². The summed E-state index contributed by atoms with van der Waals surface area (Å²) in [4.78, 5) is 0. The number of aromatic nitrogens is 2. The van der Waals surface area contributed by atoms with E-state index < -0.39 is 10.0 Å². The molecule has 1 aliphatic rings. The Hall–Kier alpha value is -0.570. The topological polar surface area (TPSA) is 78.1 Å². The van der Waals surface area contributed by atoms with E-state index in [2.05, 4.69) is 22.4 Å². The van der Waals surface area contributed by atoms with Gasteiger partial charge in [0.05, 0.1) is 6.20 Å². The molecular weight excluding hydrogens is 296 g/mol. The minimum absolute atomic E-state index is 0.0264. The Morgan fingerprint density at radius 3 is 3.10 bits per heavy atom. The van der Waals surface area contributed by atoms with Crippen molar-refractivity contribution in [1.82, 2.24) is 19.8 Å². The predicted molar refractivity (Wildman–Crippen MR) is 81.3 cm³/mol. The molecule has 0 spiro atoms. The lowest BCUT2D eigenvalue weighted by atomic mass is 10.3. The number of nitrogens with zero attached hydrogens (tertiary/aromatic N) is 2. The van der Waals surface area contributed by atoms with Crippen molar-refractivity contribution in [2.45, 2.75) is 37.9 Å². The van der Waals surface area contributed by atoms with E-state index in [1.165, 1.54) is 0 Å². The summed E-state index contributed by atoms with van der Waals surface area (Å²) >= 11 is 1.80. The van der Waals surface area contributed by atoms with Gasteiger partial charge in [0.1, 0.15) is 0 Å². The lowest BCUT2D eigenvalue weighted by molar-refractivity contribution is 0.365. The summed E-state index contributed by atoms with van der Waals surface area (Å²) in [6.07, 6.45) is 2.61. The van der Waals surface area contributed by atoms with Crippen LogP contribution >= 0.6 is 11.8 Å². The first-order valence-electron chi connectivity index (χ1n) is 6.90. The largest absolute Gasteiger partial charge is 0.313 e. The molecule has 20 heavy (non-hydrogen) atoms. The number of rotatable bonds is 6. The third kappa shape index (κ3) is 3.36. The number of hydrogen-bond donors (Lipinski definition) is 2. The quantitative estimate of drug-likeness (QED) is 0.766. The molecule has 2 rings (SSSR count). The third-order valence-corrected chi connectivity index (χ3v) is 6.51. The molecule has 1 unspecified atom stereocenters. The Morgan fingerprint density at radius 1 is 1.60 bits per heavy atom. The van der Waals surface area contributed by atoms with Crippen LogP contribution in [0, 0.1) is 0 Å². The van der Waals surface area contributed by atoms with Crippen molar-refractivity contribution in [2.75, 3.05) is 24.6 Å². The first-order valence-corrected chi connectivity index (χ1v) is 9.49. The Morgan fingerprint density at radius 2 is 2.40 bits per heavy atom. The zero-order chi connectivity index (χ0) is 14.6. The van der Waals surface area contributed by atoms with E-state index in [0.29, 0.717) is 18.7 Å². The number of nitrogens with one attached hydrogen (secondary N) is 2. The fourth-order valence-electron chi connectivity index (χ4n) is 2.23. The van der Waals surface area contributed by atoms with Crippen LogP contribution in [0.1, 0.15) is 25.8 Å². The first kappa shape index (κ1) is 15.8. The second-order valence-corrected chi connectivity index (χ2v) is 7.92. The van der Waals surface area contributed by atoms with Crippen LogP contribution in [0.2, 0.25) is 0 Å². The molecule has 1 saturated heterocycles. The number of sulfonamides is 1. The number of hydrogen-bond acceptors (Lipinski definition) is 5. The minimum Gasteiger partial charge on any atom is -0.313 e. The van der Waals surface area contributed by atoms with Crippen LogP contribution in [-0.2, 0) is 16.6 Å². The molecule has 0 radical (unpaired) electrons. The highest BCUT2D eigenvalue weighted by Crippen LogP contribution is 2.25. The van der Waals surface area contributed by atoms with Gasteiger partial charge >= 0.3 is 0 Å². The van der Waals surface area contributed by atoms with Crippen molar-refractivity contribution in [1.29, 1.82) is 0 Å². The van der Waals surface area contributed by atoms with Crippen LogP contribution in [0.3, 0.4) is 0 Å². The van der Waals surface area contributed by atoms with E-state index in [9.17, 15) is 8.42 Å². The van der Waals surface area contributed by atoms with Crippen molar-refractivity contribution >= 4 is 21.8 Å². The van der Waals surface area contributed by atoms with E-state index in [-0.39, 0.29) is 11.1 Å². The summed E-state index contributed by atoms with van der Waals surface area (Å²) in [5.41, 5.74) is 0.712. The molecule has 1 aliphatic heterocycles. The van der Waals surface area contributed by atoms with Gasteiger partial charge in [0.25, 0.3) is 10.0 Å². The molecule has 0 aliphatic carbocycles. The standard InChI is InChI=1S/C12H22N4O2S2/c1-3-4-13-7-11-8-14-15-12(11)20(17,18)16-5-6-19-9-10(16)2/h8,10,13H,3-7,9H2,1-2H3,(H,14,15). The fourth-order valence-corrected chi connectivity index (χ4v) is 5.20. The summed E-state index contributed by atoms with van der Waals surface area (Å²) in [5.74, 6) is 1.69. The summed E-state index contributed by atoms with van der Waals surface area (Å²) in [6.45, 7) is 5.98. The Kier molecular flexibility index (Phi) is 5.48. The highest BCUT2D eigenvalue weighted by atomic mass is 32.2. The molecule has 0 amide bonds. The third-order valence-electron chi connectivity index (χ3n) is 3.29. The van der Waals surface area contributed by atoms with E-state index in [0.717, 1.165) is 24.5 Å². The van der Waals surface area contributed by atoms with Gasteiger partial charge in [-0.1, -0.05) is 6.92 Å². The monoisotopic (exact) mass is 318 g/mol. The first-order chi connectivity index (χ1) is 9.57. The zero-order valence-corrected chi connectivity index (χ0v) is 13.6. The summed E-state index contributed by atoms with van der Waals surface area (Å²) in [7, 11) is -3.47. The van der Waals surface area contributed by atoms with Gasteiger partial charge in [0, 0.05) is 36.2 Å². The van der Waals surface area contributed by atoms with Gasteiger partial charge in [-0.25, -0.2) is 8.42 Å². The molecular formula is C12H22N4O2S2. The molecule has 2 heterocycles. The number of aromatic amines is 1. The van der Waals surface area contributed by atoms with Gasteiger partial charge in [-0.15, -0.1) is 0 Å². The molecule has 2 N–H and O–H groups in total. The van der Waals surface area contributed by atoms with Gasteiger partial charge in [-0.2, -0.15) is 21.2 Å². The summed E-state index contributed by atoms with van der Waals surface area (Å²) < 4.78 is 27.0. The van der Waals surface area contributed by atoms with E-state index >= 15 is 0 Å². The minimum atomic E-state index is -3.47. The smallest absolute Gasteiger partial charge is 0.260 e. The van der Waals surface area contributed by atoms with Crippen LogP contribution in [0.15, 0.2) is 11.2 Å². The molecule has 0 aromatic carbocycles. The van der Waals surface area contributed by atoms with Crippen molar-refractivity contribution < 1.29 is 8.42 Å².